The lowest BCUT2D eigenvalue weighted by Crippen LogP contribution is -2.17. The molecule has 1 amide bonds. The molecule has 1 heterocycles. The molecular formula is C18H14ClNO3S2. The summed E-state index contributed by atoms with van der Waals surface area (Å²) in [7, 11) is 1.57. The van der Waals surface area contributed by atoms with E-state index in [1.807, 2.05) is 36.4 Å². The first kappa shape index (κ1) is 17.8. The van der Waals surface area contributed by atoms with E-state index in [-0.39, 0.29) is 5.91 Å². The minimum Gasteiger partial charge on any atom is -0.493 e. The number of thiocarbonyl (C=S) groups is 1. The van der Waals surface area contributed by atoms with Crippen LogP contribution in [0.3, 0.4) is 0 Å². The van der Waals surface area contributed by atoms with Gasteiger partial charge in [0.25, 0.3) is 5.91 Å². The third-order valence-electron chi connectivity index (χ3n) is 3.47. The molecule has 1 N–H and O–H groups in total. The van der Waals surface area contributed by atoms with Gasteiger partial charge in [-0.05, 0) is 29.8 Å². The van der Waals surface area contributed by atoms with E-state index in [9.17, 15) is 4.79 Å². The van der Waals surface area contributed by atoms with Crippen molar-refractivity contribution >= 4 is 51.9 Å². The van der Waals surface area contributed by atoms with E-state index in [1.54, 1.807) is 19.3 Å². The van der Waals surface area contributed by atoms with Gasteiger partial charge in [0.1, 0.15) is 10.9 Å². The zero-order valence-corrected chi connectivity index (χ0v) is 15.6. The van der Waals surface area contributed by atoms with E-state index in [0.717, 1.165) is 11.1 Å². The predicted molar refractivity (Wildman–Crippen MR) is 105 cm³/mol. The van der Waals surface area contributed by atoms with Crippen molar-refractivity contribution in [2.45, 2.75) is 6.61 Å². The number of carbonyl (C=O) groups is 1. The Morgan fingerprint density at radius 1 is 1.24 bits per heavy atom. The predicted octanol–water partition coefficient (Wildman–Crippen LogP) is 4.42. The second-order valence-corrected chi connectivity index (χ2v) is 7.27. The van der Waals surface area contributed by atoms with Gasteiger partial charge in [0.15, 0.2) is 11.5 Å². The Morgan fingerprint density at radius 2 is 2.04 bits per heavy atom. The Balaban J connectivity index is 1.78. The molecular weight excluding hydrogens is 378 g/mol. The van der Waals surface area contributed by atoms with Gasteiger partial charge in [-0.2, -0.15) is 0 Å². The van der Waals surface area contributed by atoms with Crippen LogP contribution in [0.25, 0.3) is 6.08 Å². The minimum atomic E-state index is -0.187. The van der Waals surface area contributed by atoms with Crippen LogP contribution in [0.4, 0.5) is 0 Å². The Labute approximate surface area is 160 Å². The number of ether oxygens (including phenoxy) is 2. The summed E-state index contributed by atoms with van der Waals surface area (Å²) >= 11 is 12.4. The molecule has 2 aromatic carbocycles. The van der Waals surface area contributed by atoms with Crippen molar-refractivity contribution in [3.8, 4) is 11.5 Å². The maximum absolute atomic E-state index is 11.7. The molecule has 1 aliphatic rings. The van der Waals surface area contributed by atoms with E-state index >= 15 is 0 Å². The molecule has 0 saturated carbocycles. The lowest BCUT2D eigenvalue weighted by atomic mass is 10.2. The number of rotatable bonds is 5. The fourth-order valence-electron chi connectivity index (χ4n) is 2.24. The third kappa shape index (κ3) is 4.34. The molecule has 1 saturated heterocycles. The summed E-state index contributed by atoms with van der Waals surface area (Å²) in [6.45, 7) is 0.336. The molecule has 0 unspecified atom stereocenters. The van der Waals surface area contributed by atoms with E-state index in [2.05, 4.69) is 5.32 Å². The summed E-state index contributed by atoms with van der Waals surface area (Å²) in [5, 5.41) is 3.25. The monoisotopic (exact) mass is 391 g/mol. The van der Waals surface area contributed by atoms with E-state index < -0.39 is 0 Å². The second-order valence-electron chi connectivity index (χ2n) is 5.14. The summed E-state index contributed by atoms with van der Waals surface area (Å²) in [4.78, 5) is 12.3. The number of nitrogens with one attached hydrogen (secondary N) is 1. The first-order valence-corrected chi connectivity index (χ1v) is 8.96. The van der Waals surface area contributed by atoms with Gasteiger partial charge in [0.2, 0.25) is 0 Å². The summed E-state index contributed by atoms with van der Waals surface area (Å²) in [5.74, 6) is 0.990. The third-order valence-corrected chi connectivity index (χ3v) is 5.00. The number of methoxy groups -OCH3 is 1. The number of halogens is 1. The zero-order valence-electron chi connectivity index (χ0n) is 13.2. The second kappa shape index (κ2) is 7.91. The van der Waals surface area contributed by atoms with Crippen LogP contribution in [0, 0.1) is 0 Å². The van der Waals surface area contributed by atoms with Crippen LogP contribution in [-0.4, -0.2) is 17.3 Å². The highest BCUT2D eigenvalue weighted by molar-refractivity contribution is 8.26. The van der Waals surface area contributed by atoms with Gasteiger partial charge in [-0.3, -0.25) is 4.79 Å². The highest BCUT2D eigenvalue weighted by atomic mass is 35.5. The molecule has 3 rings (SSSR count). The Kier molecular flexibility index (Phi) is 5.63. The lowest BCUT2D eigenvalue weighted by Gasteiger charge is -2.12. The van der Waals surface area contributed by atoms with Crippen molar-refractivity contribution in [2.24, 2.45) is 0 Å². The summed E-state index contributed by atoms with van der Waals surface area (Å²) in [6.07, 6.45) is 1.76. The molecule has 1 fully saturated rings. The van der Waals surface area contributed by atoms with E-state index in [4.69, 9.17) is 33.3 Å². The van der Waals surface area contributed by atoms with Gasteiger partial charge < -0.3 is 14.8 Å². The number of benzene rings is 2. The largest absolute Gasteiger partial charge is 0.493 e. The van der Waals surface area contributed by atoms with Gasteiger partial charge in [-0.1, -0.05) is 59.8 Å². The highest BCUT2D eigenvalue weighted by Crippen LogP contribution is 2.32. The number of hydrogen-bond donors (Lipinski definition) is 1. The van der Waals surface area contributed by atoms with Gasteiger partial charge in [0.05, 0.1) is 12.0 Å². The Morgan fingerprint density at radius 3 is 2.72 bits per heavy atom. The lowest BCUT2D eigenvalue weighted by molar-refractivity contribution is -0.115. The van der Waals surface area contributed by atoms with E-state index in [1.165, 1.54) is 11.8 Å². The Hall–Kier alpha value is -2.02. The topological polar surface area (TPSA) is 47.6 Å². The molecule has 4 nitrogen and oxygen atoms in total. The van der Waals surface area contributed by atoms with Gasteiger partial charge >= 0.3 is 0 Å². The van der Waals surface area contributed by atoms with Gasteiger partial charge in [-0.15, -0.1) is 0 Å². The van der Waals surface area contributed by atoms with Crippen LogP contribution in [0.5, 0.6) is 11.5 Å². The molecule has 7 heteroatoms. The van der Waals surface area contributed by atoms with Crippen LogP contribution in [0.15, 0.2) is 47.4 Å². The molecule has 0 radical (unpaired) electrons. The highest BCUT2D eigenvalue weighted by Gasteiger charge is 2.22. The summed E-state index contributed by atoms with van der Waals surface area (Å²) in [6, 6.07) is 13.0. The Bertz CT molecular complexity index is 867. The maximum Gasteiger partial charge on any atom is 0.263 e. The van der Waals surface area contributed by atoms with Crippen molar-refractivity contribution in [2.75, 3.05) is 7.11 Å². The standard InChI is InChI=1S/C18H14ClNO3S2/c1-22-15-8-11(9-16-17(21)20-18(24)25-16)6-7-14(15)23-10-12-4-2-3-5-13(12)19/h2-9H,10H2,1H3,(H,20,21,24). The van der Waals surface area contributed by atoms with Crippen molar-refractivity contribution in [3.63, 3.8) is 0 Å². The van der Waals surface area contributed by atoms with E-state index in [0.29, 0.717) is 32.4 Å². The van der Waals surface area contributed by atoms with Gasteiger partial charge in [-0.25, -0.2) is 0 Å². The summed E-state index contributed by atoms with van der Waals surface area (Å²) in [5.41, 5.74) is 1.72. The SMILES string of the molecule is COc1cc(C=C2SC(=S)NC2=O)ccc1OCc1ccccc1Cl. The minimum absolute atomic E-state index is 0.187. The maximum atomic E-state index is 11.7. The quantitative estimate of drug-likeness (QED) is 0.604. The van der Waals surface area contributed by atoms with Crippen LogP contribution in [0.1, 0.15) is 11.1 Å². The number of amides is 1. The first-order valence-electron chi connectivity index (χ1n) is 7.36. The first-order chi connectivity index (χ1) is 12.1. The fourth-order valence-corrected chi connectivity index (χ4v) is 3.47. The molecule has 128 valence electrons. The van der Waals surface area contributed by atoms with Crippen molar-refractivity contribution in [1.82, 2.24) is 5.32 Å². The fraction of sp³-hybridized carbons (Fsp3) is 0.111. The van der Waals surface area contributed by atoms with Crippen molar-refractivity contribution in [1.29, 1.82) is 0 Å². The molecule has 25 heavy (non-hydrogen) atoms. The average molecular weight is 392 g/mol. The van der Waals surface area contributed by atoms with Crippen LogP contribution < -0.4 is 14.8 Å². The molecule has 0 aromatic heterocycles. The number of hydrogen-bond acceptors (Lipinski definition) is 5. The van der Waals surface area contributed by atoms with Crippen LogP contribution >= 0.6 is 35.6 Å². The zero-order chi connectivity index (χ0) is 17.8. The average Bonchev–Trinajstić information content (AvgIpc) is 2.92. The van der Waals surface area contributed by atoms with Crippen molar-refractivity contribution in [3.05, 3.63) is 63.5 Å². The van der Waals surface area contributed by atoms with Crippen LogP contribution in [0.2, 0.25) is 5.02 Å². The molecule has 0 spiro atoms. The molecule has 0 atom stereocenters. The molecule has 1 aliphatic heterocycles. The molecule has 2 aromatic rings. The van der Waals surface area contributed by atoms with Gasteiger partial charge in [0, 0.05) is 10.6 Å². The van der Waals surface area contributed by atoms with Crippen LogP contribution in [-0.2, 0) is 11.4 Å². The molecule has 0 aliphatic carbocycles. The molecule has 0 bridgehead atoms. The smallest absolute Gasteiger partial charge is 0.263 e. The number of carbonyl (C=O) groups excluding carboxylic acids is 1. The normalized spacial score (nSPS) is 15.4. The summed E-state index contributed by atoms with van der Waals surface area (Å²) < 4.78 is 11.7. The van der Waals surface area contributed by atoms with Crippen molar-refractivity contribution < 1.29 is 14.3 Å². The number of thioether (sulfide) groups is 1.